The molecule has 0 aliphatic carbocycles. The zero-order valence-corrected chi connectivity index (χ0v) is 14.9. The average molecular weight is 390 g/mol. The minimum absolute atomic E-state index is 0.262. The third-order valence-corrected chi connectivity index (χ3v) is 3.93. The van der Waals surface area contributed by atoms with Crippen molar-refractivity contribution in [3.8, 4) is 0 Å². The minimum atomic E-state index is -1.82. The quantitative estimate of drug-likeness (QED) is 0.445. The first-order chi connectivity index (χ1) is 13.4. The molecule has 150 valence electrons. The number of ether oxygens (including phenoxy) is 2. The number of aliphatic hydroxyl groups is 4. The van der Waals surface area contributed by atoms with E-state index in [0.717, 1.165) is 0 Å². The fourth-order valence-corrected chi connectivity index (χ4v) is 2.29. The molecule has 2 aromatic rings. The van der Waals surface area contributed by atoms with Gasteiger partial charge in [-0.15, -0.1) is 0 Å². The fourth-order valence-electron chi connectivity index (χ4n) is 2.29. The van der Waals surface area contributed by atoms with Gasteiger partial charge in [-0.3, -0.25) is 0 Å². The highest BCUT2D eigenvalue weighted by molar-refractivity contribution is 5.89. The Morgan fingerprint density at radius 1 is 0.643 bits per heavy atom. The Bertz CT molecular complexity index is 684. The standard InChI is InChI=1S/C20H22O8/c21-15(11-27-19(25)13-7-3-1-4-8-13)17(23)18(24)16(22)12-28-20(26)14-9-5-2-6-10-14/h1-10,15-18,21-24H,11-12H2/t15-,16-,17-,18+/m1/s1. The zero-order chi connectivity index (χ0) is 20.5. The molecule has 8 nitrogen and oxygen atoms in total. The zero-order valence-electron chi connectivity index (χ0n) is 14.9. The van der Waals surface area contributed by atoms with Crippen LogP contribution in [0.2, 0.25) is 0 Å². The van der Waals surface area contributed by atoms with E-state index in [4.69, 9.17) is 9.47 Å². The van der Waals surface area contributed by atoms with E-state index in [0.29, 0.717) is 0 Å². The molecule has 0 fully saturated rings. The van der Waals surface area contributed by atoms with Crippen LogP contribution in [0.15, 0.2) is 60.7 Å². The molecule has 2 aromatic carbocycles. The monoisotopic (exact) mass is 390 g/mol. The molecule has 0 aliphatic rings. The van der Waals surface area contributed by atoms with Crippen molar-refractivity contribution in [1.82, 2.24) is 0 Å². The second-order valence-corrected chi connectivity index (χ2v) is 6.04. The Hall–Kier alpha value is -2.78. The summed E-state index contributed by atoms with van der Waals surface area (Å²) < 4.78 is 9.74. The molecule has 0 spiro atoms. The molecule has 0 heterocycles. The molecule has 0 saturated carbocycles. The SMILES string of the molecule is O=C(OC[C@@H](O)[C@H](O)[C@H](O)[C@H](O)COC(=O)c1ccccc1)c1ccccc1. The van der Waals surface area contributed by atoms with Gasteiger partial charge in [-0.05, 0) is 24.3 Å². The molecule has 28 heavy (non-hydrogen) atoms. The van der Waals surface area contributed by atoms with Crippen LogP contribution in [0, 0.1) is 0 Å². The van der Waals surface area contributed by atoms with Crippen LogP contribution in [-0.2, 0) is 9.47 Å². The van der Waals surface area contributed by atoms with Crippen molar-refractivity contribution in [3.05, 3.63) is 71.8 Å². The first-order valence-corrected chi connectivity index (χ1v) is 8.56. The second-order valence-electron chi connectivity index (χ2n) is 6.04. The first kappa shape index (κ1) is 21.5. The molecule has 4 atom stereocenters. The van der Waals surface area contributed by atoms with Gasteiger partial charge in [0.05, 0.1) is 11.1 Å². The molecule has 0 radical (unpaired) electrons. The van der Waals surface area contributed by atoms with Crippen molar-refractivity contribution >= 4 is 11.9 Å². The number of rotatable bonds is 9. The van der Waals surface area contributed by atoms with Crippen molar-refractivity contribution in [2.75, 3.05) is 13.2 Å². The molecule has 4 N–H and O–H groups in total. The fraction of sp³-hybridized carbons (Fsp3) is 0.300. The van der Waals surface area contributed by atoms with Crippen LogP contribution in [0.25, 0.3) is 0 Å². The third-order valence-electron chi connectivity index (χ3n) is 3.93. The van der Waals surface area contributed by atoms with Crippen molar-refractivity contribution < 1.29 is 39.5 Å². The number of hydrogen-bond donors (Lipinski definition) is 4. The van der Waals surface area contributed by atoms with Crippen LogP contribution in [0.3, 0.4) is 0 Å². The Labute approximate surface area is 161 Å². The van der Waals surface area contributed by atoms with Gasteiger partial charge in [-0.1, -0.05) is 36.4 Å². The summed E-state index contributed by atoms with van der Waals surface area (Å²) in [5, 5.41) is 39.6. The molecule has 0 aliphatic heterocycles. The van der Waals surface area contributed by atoms with E-state index in [1.807, 2.05) is 0 Å². The largest absolute Gasteiger partial charge is 0.459 e. The maximum atomic E-state index is 11.8. The van der Waals surface area contributed by atoms with Gasteiger partial charge in [-0.25, -0.2) is 9.59 Å². The molecule has 0 amide bonds. The molecular formula is C20H22O8. The van der Waals surface area contributed by atoms with E-state index >= 15 is 0 Å². The van der Waals surface area contributed by atoms with Gasteiger partial charge in [0.1, 0.15) is 37.6 Å². The number of carbonyl (C=O) groups excluding carboxylic acids is 2. The normalized spacial score (nSPS) is 15.1. The highest BCUT2D eigenvalue weighted by Crippen LogP contribution is 2.09. The van der Waals surface area contributed by atoms with Crippen LogP contribution in [0.5, 0.6) is 0 Å². The smallest absolute Gasteiger partial charge is 0.338 e. The lowest BCUT2D eigenvalue weighted by Crippen LogP contribution is -2.48. The van der Waals surface area contributed by atoms with Gasteiger partial charge in [0.25, 0.3) is 0 Å². The summed E-state index contributed by atoms with van der Waals surface area (Å²) in [5.74, 6) is -1.42. The van der Waals surface area contributed by atoms with Gasteiger partial charge < -0.3 is 29.9 Å². The highest BCUT2D eigenvalue weighted by atomic mass is 16.5. The lowest BCUT2D eigenvalue weighted by molar-refractivity contribution is -0.125. The second kappa shape index (κ2) is 10.5. The van der Waals surface area contributed by atoms with E-state index in [9.17, 15) is 30.0 Å². The first-order valence-electron chi connectivity index (χ1n) is 8.56. The summed E-state index contributed by atoms with van der Waals surface area (Å²) >= 11 is 0. The third kappa shape index (κ3) is 6.14. The predicted octanol–water partition coefficient (Wildman–Crippen LogP) is 0.144. The van der Waals surface area contributed by atoms with Crippen molar-refractivity contribution in [2.45, 2.75) is 24.4 Å². The van der Waals surface area contributed by atoms with Crippen LogP contribution in [0.1, 0.15) is 20.7 Å². The van der Waals surface area contributed by atoms with Crippen molar-refractivity contribution in [3.63, 3.8) is 0 Å². The summed E-state index contributed by atoms with van der Waals surface area (Å²) in [7, 11) is 0. The van der Waals surface area contributed by atoms with Gasteiger partial charge in [0.2, 0.25) is 0 Å². The lowest BCUT2D eigenvalue weighted by Gasteiger charge is -2.26. The van der Waals surface area contributed by atoms with Gasteiger partial charge >= 0.3 is 11.9 Å². The highest BCUT2D eigenvalue weighted by Gasteiger charge is 2.32. The van der Waals surface area contributed by atoms with E-state index < -0.39 is 49.6 Å². The summed E-state index contributed by atoms with van der Waals surface area (Å²) in [6.07, 6.45) is -6.95. The van der Waals surface area contributed by atoms with Gasteiger partial charge in [-0.2, -0.15) is 0 Å². The Kier molecular flexibility index (Phi) is 8.09. The Morgan fingerprint density at radius 2 is 0.964 bits per heavy atom. The number of aliphatic hydroxyl groups excluding tert-OH is 4. The minimum Gasteiger partial charge on any atom is -0.459 e. The summed E-state index contributed by atoms with van der Waals surface area (Å²) in [5.41, 5.74) is 0.523. The lowest BCUT2D eigenvalue weighted by atomic mass is 10.0. The molecule has 0 unspecified atom stereocenters. The van der Waals surface area contributed by atoms with Gasteiger partial charge in [0.15, 0.2) is 0 Å². The maximum absolute atomic E-state index is 11.8. The molecule has 0 aromatic heterocycles. The Morgan fingerprint density at radius 3 is 1.29 bits per heavy atom. The topological polar surface area (TPSA) is 134 Å². The van der Waals surface area contributed by atoms with Crippen molar-refractivity contribution in [1.29, 1.82) is 0 Å². The number of hydrogen-bond acceptors (Lipinski definition) is 8. The number of esters is 2. The van der Waals surface area contributed by atoms with Crippen molar-refractivity contribution in [2.24, 2.45) is 0 Å². The summed E-state index contributed by atoms with van der Waals surface area (Å²) in [4.78, 5) is 23.6. The summed E-state index contributed by atoms with van der Waals surface area (Å²) in [6.45, 7) is -1.19. The van der Waals surface area contributed by atoms with E-state index in [1.165, 1.54) is 24.3 Å². The molecule has 0 saturated heterocycles. The molecule has 8 heteroatoms. The molecule has 2 rings (SSSR count). The van der Waals surface area contributed by atoms with E-state index in [1.54, 1.807) is 36.4 Å². The van der Waals surface area contributed by atoms with Crippen LogP contribution >= 0.6 is 0 Å². The van der Waals surface area contributed by atoms with Gasteiger partial charge in [0, 0.05) is 0 Å². The molecule has 0 bridgehead atoms. The number of carbonyl (C=O) groups is 2. The van der Waals surface area contributed by atoms with Crippen LogP contribution in [-0.4, -0.2) is 70.0 Å². The molecular weight excluding hydrogens is 368 g/mol. The van der Waals surface area contributed by atoms with Crippen LogP contribution < -0.4 is 0 Å². The maximum Gasteiger partial charge on any atom is 0.338 e. The number of benzene rings is 2. The van der Waals surface area contributed by atoms with E-state index in [2.05, 4.69) is 0 Å². The Balaban J connectivity index is 1.79. The summed E-state index contributed by atoms with van der Waals surface area (Å²) in [6, 6.07) is 16.1. The average Bonchev–Trinajstić information content (AvgIpc) is 2.75. The van der Waals surface area contributed by atoms with Crippen LogP contribution in [0.4, 0.5) is 0 Å². The van der Waals surface area contributed by atoms with E-state index in [-0.39, 0.29) is 11.1 Å². The predicted molar refractivity (Wildman–Crippen MR) is 97.5 cm³/mol.